The van der Waals surface area contributed by atoms with E-state index in [2.05, 4.69) is 10.6 Å². The zero-order valence-corrected chi connectivity index (χ0v) is 9.48. The summed E-state index contributed by atoms with van der Waals surface area (Å²) in [5.74, 6) is 0.197. The number of ketones is 1. The van der Waals surface area contributed by atoms with Crippen LogP contribution < -0.4 is 10.6 Å². The van der Waals surface area contributed by atoms with Gasteiger partial charge in [-0.15, -0.1) is 11.3 Å². The van der Waals surface area contributed by atoms with Crippen LogP contribution in [-0.4, -0.2) is 31.5 Å². The monoisotopic (exact) mass is 224 g/mol. The van der Waals surface area contributed by atoms with Gasteiger partial charge in [-0.1, -0.05) is 6.07 Å². The molecule has 82 valence electrons. The van der Waals surface area contributed by atoms with Gasteiger partial charge in [0, 0.05) is 12.6 Å². The SMILES string of the molecule is O=C(CNCC1CCCN1)c1cccs1. The summed E-state index contributed by atoms with van der Waals surface area (Å²) in [5.41, 5.74) is 0. The van der Waals surface area contributed by atoms with E-state index < -0.39 is 0 Å². The summed E-state index contributed by atoms with van der Waals surface area (Å²) in [6.07, 6.45) is 2.48. The molecule has 0 radical (unpaired) electrons. The van der Waals surface area contributed by atoms with E-state index in [4.69, 9.17) is 0 Å². The van der Waals surface area contributed by atoms with Crippen molar-refractivity contribution in [1.82, 2.24) is 10.6 Å². The summed E-state index contributed by atoms with van der Waals surface area (Å²) >= 11 is 1.51. The zero-order valence-electron chi connectivity index (χ0n) is 8.66. The van der Waals surface area contributed by atoms with Crippen molar-refractivity contribution < 1.29 is 4.79 Å². The van der Waals surface area contributed by atoms with Crippen molar-refractivity contribution in [2.75, 3.05) is 19.6 Å². The normalized spacial score (nSPS) is 20.7. The van der Waals surface area contributed by atoms with Crippen molar-refractivity contribution in [1.29, 1.82) is 0 Å². The lowest BCUT2D eigenvalue weighted by Crippen LogP contribution is -2.36. The van der Waals surface area contributed by atoms with Gasteiger partial charge >= 0.3 is 0 Å². The lowest BCUT2D eigenvalue weighted by molar-refractivity contribution is 0.0994. The number of rotatable bonds is 5. The van der Waals surface area contributed by atoms with E-state index in [1.54, 1.807) is 0 Å². The maximum atomic E-state index is 11.6. The van der Waals surface area contributed by atoms with Crippen LogP contribution in [0.15, 0.2) is 17.5 Å². The molecule has 1 fully saturated rings. The molecule has 1 aliphatic rings. The van der Waals surface area contributed by atoms with Crippen molar-refractivity contribution >= 4 is 17.1 Å². The molecular formula is C11H16N2OS. The molecule has 1 atom stereocenters. The second-order valence-corrected chi connectivity index (χ2v) is 4.77. The van der Waals surface area contributed by atoms with Crippen molar-refractivity contribution in [2.45, 2.75) is 18.9 Å². The molecule has 0 amide bonds. The highest BCUT2D eigenvalue weighted by Gasteiger charge is 2.14. The predicted octanol–water partition coefficient (Wildman–Crippen LogP) is 1.27. The molecule has 2 heterocycles. The smallest absolute Gasteiger partial charge is 0.186 e. The maximum absolute atomic E-state index is 11.6. The molecule has 2 rings (SSSR count). The summed E-state index contributed by atoms with van der Waals surface area (Å²) in [6, 6.07) is 4.35. The minimum atomic E-state index is 0.197. The van der Waals surface area contributed by atoms with E-state index in [1.807, 2.05) is 17.5 Å². The van der Waals surface area contributed by atoms with Crippen LogP contribution in [-0.2, 0) is 0 Å². The third kappa shape index (κ3) is 3.12. The Morgan fingerprint density at radius 1 is 1.67 bits per heavy atom. The van der Waals surface area contributed by atoms with Crippen LogP contribution in [0, 0.1) is 0 Å². The van der Waals surface area contributed by atoms with Crippen molar-refractivity contribution in [2.24, 2.45) is 0 Å². The van der Waals surface area contributed by atoms with E-state index in [1.165, 1.54) is 24.2 Å². The zero-order chi connectivity index (χ0) is 10.5. The summed E-state index contributed by atoms with van der Waals surface area (Å²) < 4.78 is 0. The molecule has 3 nitrogen and oxygen atoms in total. The van der Waals surface area contributed by atoms with Crippen LogP contribution in [0.3, 0.4) is 0 Å². The first-order valence-electron chi connectivity index (χ1n) is 5.37. The van der Waals surface area contributed by atoms with Gasteiger partial charge in [0.05, 0.1) is 11.4 Å². The highest BCUT2D eigenvalue weighted by Crippen LogP contribution is 2.08. The van der Waals surface area contributed by atoms with Crippen molar-refractivity contribution in [3.8, 4) is 0 Å². The molecule has 1 unspecified atom stereocenters. The summed E-state index contributed by atoms with van der Waals surface area (Å²) in [4.78, 5) is 12.5. The van der Waals surface area contributed by atoms with E-state index in [9.17, 15) is 4.79 Å². The molecule has 0 aromatic carbocycles. The van der Waals surface area contributed by atoms with Gasteiger partial charge in [0.1, 0.15) is 0 Å². The number of Topliss-reactive ketones (excluding diaryl/α,β-unsaturated/α-hetero) is 1. The Kier molecular flexibility index (Phi) is 3.88. The van der Waals surface area contributed by atoms with Gasteiger partial charge in [-0.3, -0.25) is 4.79 Å². The second kappa shape index (κ2) is 5.39. The average Bonchev–Trinajstić information content (AvgIpc) is 2.90. The standard InChI is InChI=1S/C11H16N2OS/c14-10(11-4-2-6-15-11)8-12-7-9-3-1-5-13-9/h2,4,6,9,12-13H,1,3,5,7-8H2. The first-order valence-corrected chi connectivity index (χ1v) is 6.25. The third-order valence-corrected chi connectivity index (χ3v) is 3.55. The van der Waals surface area contributed by atoms with Gasteiger partial charge in [-0.25, -0.2) is 0 Å². The lowest BCUT2D eigenvalue weighted by Gasteiger charge is -2.10. The van der Waals surface area contributed by atoms with E-state index >= 15 is 0 Å². The van der Waals surface area contributed by atoms with Crippen LogP contribution in [0.5, 0.6) is 0 Å². The fourth-order valence-electron chi connectivity index (χ4n) is 1.82. The number of hydrogen-bond donors (Lipinski definition) is 2. The Morgan fingerprint density at radius 2 is 2.60 bits per heavy atom. The van der Waals surface area contributed by atoms with Crippen LogP contribution in [0.1, 0.15) is 22.5 Å². The van der Waals surface area contributed by atoms with Gasteiger partial charge in [0.2, 0.25) is 0 Å². The maximum Gasteiger partial charge on any atom is 0.186 e. The van der Waals surface area contributed by atoms with Gasteiger partial charge in [-0.05, 0) is 30.8 Å². The summed E-state index contributed by atoms with van der Waals surface area (Å²) in [5, 5.41) is 8.54. The quantitative estimate of drug-likeness (QED) is 0.740. The molecule has 4 heteroatoms. The molecule has 0 spiro atoms. The van der Waals surface area contributed by atoms with E-state index in [0.717, 1.165) is 18.0 Å². The largest absolute Gasteiger partial charge is 0.313 e. The molecule has 1 aromatic heterocycles. The molecule has 0 bridgehead atoms. The second-order valence-electron chi connectivity index (χ2n) is 3.82. The van der Waals surface area contributed by atoms with Crippen LogP contribution in [0.2, 0.25) is 0 Å². The minimum absolute atomic E-state index is 0.197. The Morgan fingerprint density at radius 3 is 3.27 bits per heavy atom. The Hall–Kier alpha value is -0.710. The predicted molar refractivity (Wildman–Crippen MR) is 62.5 cm³/mol. The highest BCUT2D eigenvalue weighted by atomic mass is 32.1. The first kappa shape index (κ1) is 10.8. The Labute approximate surface area is 93.9 Å². The fourth-order valence-corrected chi connectivity index (χ4v) is 2.48. The van der Waals surface area contributed by atoms with Gasteiger partial charge in [0.15, 0.2) is 5.78 Å². The first-order chi connectivity index (χ1) is 7.36. The molecule has 1 saturated heterocycles. The molecular weight excluding hydrogens is 208 g/mol. The molecule has 2 N–H and O–H groups in total. The number of thiophene rings is 1. The van der Waals surface area contributed by atoms with Crippen molar-refractivity contribution in [3.05, 3.63) is 22.4 Å². The Bertz CT molecular complexity index is 304. The Balaban J connectivity index is 1.67. The average molecular weight is 224 g/mol. The van der Waals surface area contributed by atoms with Crippen LogP contribution in [0.25, 0.3) is 0 Å². The molecule has 15 heavy (non-hydrogen) atoms. The van der Waals surface area contributed by atoms with Crippen LogP contribution in [0.4, 0.5) is 0 Å². The topological polar surface area (TPSA) is 41.1 Å². The van der Waals surface area contributed by atoms with Gasteiger partial charge in [0.25, 0.3) is 0 Å². The van der Waals surface area contributed by atoms with E-state index in [0.29, 0.717) is 12.6 Å². The van der Waals surface area contributed by atoms with Gasteiger partial charge < -0.3 is 10.6 Å². The molecule has 1 aromatic rings. The molecule has 0 saturated carbocycles. The van der Waals surface area contributed by atoms with Crippen molar-refractivity contribution in [3.63, 3.8) is 0 Å². The minimum Gasteiger partial charge on any atom is -0.313 e. The summed E-state index contributed by atoms with van der Waals surface area (Å²) in [6.45, 7) is 2.47. The number of carbonyl (C=O) groups excluding carboxylic acids is 1. The van der Waals surface area contributed by atoms with Gasteiger partial charge in [-0.2, -0.15) is 0 Å². The highest BCUT2D eigenvalue weighted by molar-refractivity contribution is 7.12. The van der Waals surface area contributed by atoms with E-state index in [-0.39, 0.29) is 5.78 Å². The van der Waals surface area contributed by atoms with Crippen LogP contribution >= 0.6 is 11.3 Å². The fraction of sp³-hybridized carbons (Fsp3) is 0.545. The molecule has 1 aliphatic heterocycles. The summed E-state index contributed by atoms with van der Waals surface area (Å²) in [7, 11) is 0. The third-order valence-electron chi connectivity index (χ3n) is 2.63. The lowest BCUT2D eigenvalue weighted by atomic mass is 10.2. The number of carbonyl (C=O) groups is 1. The molecule has 0 aliphatic carbocycles. The number of nitrogens with one attached hydrogen (secondary N) is 2. The number of hydrogen-bond acceptors (Lipinski definition) is 4.